The van der Waals surface area contributed by atoms with Crippen molar-refractivity contribution in [3.63, 3.8) is 0 Å². The number of hydrogen-bond donors (Lipinski definition) is 0. The van der Waals surface area contributed by atoms with Gasteiger partial charge >= 0.3 is 0 Å². The van der Waals surface area contributed by atoms with Gasteiger partial charge < -0.3 is 14.4 Å². The summed E-state index contributed by atoms with van der Waals surface area (Å²) in [6.45, 7) is 5.71. The first-order valence-corrected chi connectivity index (χ1v) is 9.92. The SMILES string of the molecule is Cc1nc2c(c(N3CCN(c4ccc5c(=O)n(C)cnc5c4)CC3)n1)CCC2. The van der Waals surface area contributed by atoms with E-state index < -0.39 is 0 Å². The zero-order chi connectivity index (χ0) is 19.3. The van der Waals surface area contributed by atoms with E-state index in [2.05, 4.69) is 19.8 Å². The van der Waals surface area contributed by atoms with Crippen molar-refractivity contribution in [2.75, 3.05) is 36.0 Å². The van der Waals surface area contributed by atoms with E-state index in [1.54, 1.807) is 13.4 Å². The van der Waals surface area contributed by atoms with E-state index in [-0.39, 0.29) is 5.56 Å². The standard InChI is InChI=1S/C21H24N6O/c1-14-23-18-5-3-4-16(18)20(24-14)27-10-8-26(9-11-27)15-6-7-17-19(12-15)22-13-25(2)21(17)28/h6-7,12-13H,3-5,8-11H2,1-2H3. The Morgan fingerprint density at radius 1 is 1.00 bits per heavy atom. The molecule has 0 bridgehead atoms. The van der Waals surface area contributed by atoms with Gasteiger partial charge in [0.25, 0.3) is 5.56 Å². The number of aryl methyl sites for hydroxylation is 3. The Morgan fingerprint density at radius 3 is 2.61 bits per heavy atom. The topological polar surface area (TPSA) is 67.2 Å². The predicted molar refractivity (Wildman–Crippen MR) is 110 cm³/mol. The Hall–Kier alpha value is -2.96. The van der Waals surface area contributed by atoms with Gasteiger partial charge in [0.1, 0.15) is 11.6 Å². The van der Waals surface area contributed by atoms with Crippen LogP contribution >= 0.6 is 0 Å². The van der Waals surface area contributed by atoms with E-state index in [9.17, 15) is 4.79 Å². The Kier molecular flexibility index (Phi) is 4.03. The molecule has 144 valence electrons. The maximum Gasteiger partial charge on any atom is 0.260 e. The normalized spacial score (nSPS) is 16.6. The molecule has 1 aromatic carbocycles. The summed E-state index contributed by atoms with van der Waals surface area (Å²) in [5.74, 6) is 2.02. The van der Waals surface area contributed by atoms with E-state index in [0.717, 1.165) is 61.9 Å². The Morgan fingerprint density at radius 2 is 1.79 bits per heavy atom. The molecule has 1 saturated heterocycles. The van der Waals surface area contributed by atoms with Gasteiger partial charge in [-0.25, -0.2) is 15.0 Å². The van der Waals surface area contributed by atoms with Crippen LogP contribution in [0.3, 0.4) is 0 Å². The number of piperazine rings is 1. The zero-order valence-corrected chi connectivity index (χ0v) is 16.4. The number of rotatable bonds is 2. The molecular weight excluding hydrogens is 352 g/mol. The summed E-state index contributed by atoms with van der Waals surface area (Å²) < 4.78 is 1.52. The van der Waals surface area contributed by atoms with Crippen molar-refractivity contribution in [2.45, 2.75) is 26.2 Å². The van der Waals surface area contributed by atoms with Crippen molar-refractivity contribution in [1.82, 2.24) is 19.5 Å². The number of aromatic nitrogens is 4. The lowest BCUT2D eigenvalue weighted by Gasteiger charge is -2.37. The highest BCUT2D eigenvalue weighted by Crippen LogP contribution is 2.30. The van der Waals surface area contributed by atoms with Gasteiger partial charge in [0.05, 0.1) is 17.2 Å². The maximum atomic E-state index is 12.2. The van der Waals surface area contributed by atoms with Crippen LogP contribution in [0.4, 0.5) is 11.5 Å². The minimum atomic E-state index is -0.00523. The third kappa shape index (κ3) is 2.82. The first-order valence-electron chi connectivity index (χ1n) is 9.92. The van der Waals surface area contributed by atoms with Gasteiger partial charge in [0.2, 0.25) is 0 Å². The largest absolute Gasteiger partial charge is 0.368 e. The average molecular weight is 376 g/mol. The first kappa shape index (κ1) is 17.2. The molecule has 3 aromatic rings. The second kappa shape index (κ2) is 6.58. The Balaban J connectivity index is 1.37. The number of hydrogen-bond acceptors (Lipinski definition) is 6. The molecule has 28 heavy (non-hydrogen) atoms. The summed E-state index contributed by atoms with van der Waals surface area (Å²) in [5.41, 5.74) is 4.47. The molecule has 0 N–H and O–H groups in total. The molecular formula is C21H24N6O. The van der Waals surface area contributed by atoms with Gasteiger partial charge in [0.15, 0.2) is 0 Å². The summed E-state index contributed by atoms with van der Waals surface area (Å²) >= 11 is 0. The lowest BCUT2D eigenvalue weighted by molar-refractivity contribution is 0.643. The van der Waals surface area contributed by atoms with E-state index in [1.165, 1.54) is 22.2 Å². The third-order valence-corrected chi connectivity index (χ3v) is 5.87. The third-order valence-electron chi connectivity index (χ3n) is 5.87. The molecule has 3 heterocycles. The molecule has 0 unspecified atom stereocenters. The molecule has 2 aromatic heterocycles. The summed E-state index contributed by atoms with van der Waals surface area (Å²) in [6, 6.07) is 5.96. The fraction of sp³-hybridized carbons (Fsp3) is 0.429. The maximum absolute atomic E-state index is 12.2. The molecule has 0 saturated carbocycles. The smallest absolute Gasteiger partial charge is 0.260 e. The molecule has 1 aliphatic carbocycles. The van der Waals surface area contributed by atoms with Crippen molar-refractivity contribution in [3.8, 4) is 0 Å². The Bertz CT molecular complexity index is 1110. The number of benzene rings is 1. The van der Waals surface area contributed by atoms with Crippen LogP contribution in [0.2, 0.25) is 0 Å². The molecule has 0 radical (unpaired) electrons. The van der Waals surface area contributed by atoms with Crippen LogP contribution in [0.5, 0.6) is 0 Å². The molecule has 0 amide bonds. The van der Waals surface area contributed by atoms with Gasteiger partial charge in [-0.1, -0.05) is 0 Å². The quantitative estimate of drug-likeness (QED) is 0.680. The fourth-order valence-electron chi connectivity index (χ4n) is 4.37. The molecule has 0 atom stereocenters. The van der Waals surface area contributed by atoms with Gasteiger partial charge in [0, 0.05) is 50.2 Å². The molecule has 7 nitrogen and oxygen atoms in total. The lowest BCUT2D eigenvalue weighted by atomic mass is 10.1. The van der Waals surface area contributed by atoms with Crippen LogP contribution in [0.25, 0.3) is 10.9 Å². The first-order chi connectivity index (χ1) is 13.6. The molecule has 7 heteroatoms. The molecule has 0 spiro atoms. The van der Waals surface area contributed by atoms with Gasteiger partial charge in [-0.3, -0.25) is 4.79 Å². The zero-order valence-electron chi connectivity index (χ0n) is 16.4. The van der Waals surface area contributed by atoms with E-state index in [0.29, 0.717) is 5.39 Å². The van der Waals surface area contributed by atoms with Gasteiger partial charge in [-0.2, -0.15) is 0 Å². The van der Waals surface area contributed by atoms with Crippen LogP contribution in [0.1, 0.15) is 23.5 Å². The van der Waals surface area contributed by atoms with Gasteiger partial charge in [-0.05, 0) is 44.4 Å². The van der Waals surface area contributed by atoms with Crippen molar-refractivity contribution < 1.29 is 0 Å². The summed E-state index contributed by atoms with van der Waals surface area (Å²) in [4.78, 5) is 30.8. The highest BCUT2D eigenvalue weighted by Gasteiger charge is 2.25. The highest BCUT2D eigenvalue weighted by atomic mass is 16.1. The summed E-state index contributed by atoms with van der Waals surface area (Å²) in [7, 11) is 1.73. The van der Waals surface area contributed by atoms with E-state index >= 15 is 0 Å². The number of fused-ring (bicyclic) bond motifs is 2. The van der Waals surface area contributed by atoms with Crippen LogP contribution in [-0.4, -0.2) is 45.7 Å². The van der Waals surface area contributed by atoms with Crippen LogP contribution in [0.15, 0.2) is 29.3 Å². The van der Waals surface area contributed by atoms with E-state index in [1.807, 2.05) is 25.1 Å². The monoisotopic (exact) mass is 376 g/mol. The lowest BCUT2D eigenvalue weighted by Crippen LogP contribution is -2.47. The molecule has 5 rings (SSSR count). The number of anilines is 2. The van der Waals surface area contributed by atoms with E-state index in [4.69, 9.17) is 4.98 Å². The fourth-order valence-corrected chi connectivity index (χ4v) is 4.37. The minimum absolute atomic E-state index is 0.00523. The van der Waals surface area contributed by atoms with Gasteiger partial charge in [-0.15, -0.1) is 0 Å². The predicted octanol–water partition coefficient (Wildman–Crippen LogP) is 1.85. The van der Waals surface area contributed by atoms with Crippen LogP contribution in [-0.2, 0) is 19.9 Å². The number of nitrogens with zero attached hydrogens (tertiary/aromatic N) is 6. The van der Waals surface area contributed by atoms with Crippen LogP contribution in [0, 0.1) is 6.92 Å². The van der Waals surface area contributed by atoms with Crippen molar-refractivity contribution in [2.24, 2.45) is 7.05 Å². The highest BCUT2D eigenvalue weighted by molar-refractivity contribution is 5.81. The average Bonchev–Trinajstić information content (AvgIpc) is 3.18. The molecule has 2 aliphatic rings. The Labute approximate surface area is 163 Å². The molecule has 1 fully saturated rings. The summed E-state index contributed by atoms with van der Waals surface area (Å²) in [5, 5.41) is 0.666. The second-order valence-corrected chi connectivity index (χ2v) is 7.71. The van der Waals surface area contributed by atoms with Crippen molar-refractivity contribution >= 4 is 22.4 Å². The second-order valence-electron chi connectivity index (χ2n) is 7.71. The summed E-state index contributed by atoms with van der Waals surface area (Å²) in [6.07, 6.45) is 4.94. The van der Waals surface area contributed by atoms with Crippen LogP contribution < -0.4 is 15.4 Å². The molecule has 1 aliphatic heterocycles. The van der Waals surface area contributed by atoms with Crippen molar-refractivity contribution in [3.05, 3.63) is 52.0 Å². The minimum Gasteiger partial charge on any atom is -0.368 e. The van der Waals surface area contributed by atoms with Crippen molar-refractivity contribution in [1.29, 1.82) is 0 Å².